The Bertz CT molecular complexity index is 698. The largest absolute Gasteiger partial charge is 0.401 e. The summed E-state index contributed by atoms with van der Waals surface area (Å²) in [4.78, 5) is 12.0. The zero-order chi connectivity index (χ0) is 16.3. The van der Waals surface area contributed by atoms with Gasteiger partial charge in [0, 0.05) is 36.0 Å². The molecule has 0 saturated carbocycles. The number of anilines is 1. The van der Waals surface area contributed by atoms with Crippen molar-refractivity contribution in [1.29, 1.82) is 0 Å². The molecule has 1 aliphatic rings. The maximum atomic E-state index is 14.0. The van der Waals surface area contributed by atoms with Crippen LogP contribution in [-0.4, -0.2) is 22.7 Å². The molecular formula is C16H20FN5. The number of aromatic nitrogens is 2. The summed E-state index contributed by atoms with van der Waals surface area (Å²) < 4.78 is 14.0. The summed E-state index contributed by atoms with van der Waals surface area (Å²) in [5, 5.41) is 0. The fraction of sp³-hybridized carbons (Fsp3) is 0.312. The average molecular weight is 301 g/mol. The lowest BCUT2D eigenvalue weighted by Gasteiger charge is -2.14. The third-order valence-corrected chi connectivity index (χ3v) is 3.38. The molecule has 1 heterocycles. The van der Waals surface area contributed by atoms with Crippen molar-refractivity contribution in [2.45, 2.75) is 20.3 Å². The third kappa shape index (κ3) is 3.21. The first-order valence-corrected chi connectivity index (χ1v) is 7.06. The molecule has 0 saturated heterocycles. The predicted molar refractivity (Wildman–Crippen MR) is 87.5 cm³/mol. The molecule has 0 aromatic carbocycles. The van der Waals surface area contributed by atoms with Crippen molar-refractivity contribution in [2.75, 3.05) is 12.8 Å². The normalized spacial score (nSPS) is 16.0. The fourth-order valence-corrected chi connectivity index (χ4v) is 2.38. The Hall–Kier alpha value is -2.50. The van der Waals surface area contributed by atoms with Crippen molar-refractivity contribution < 1.29 is 4.39 Å². The van der Waals surface area contributed by atoms with E-state index in [-0.39, 0.29) is 17.6 Å². The van der Waals surface area contributed by atoms with Crippen molar-refractivity contribution in [3.8, 4) is 0 Å². The van der Waals surface area contributed by atoms with Crippen LogP contribution in [0, 0.1) is 11.7 Å². The molecule has 0 atom stereocenters. The summed E-state index contributed by atoms with van der Waals surface area (Å²) in [5.41, 5.74) is 14.9. The topological polar surface area (TPSA) is 90.2 Å². The summed E-state index contributed by atoms with van der Waals surface area (Å²) in [6, 6.07) is 0. The van der Waals surface area contributed by atoms with E-state index in [2.05, 4.69) is 15.0 Å². The summed E-state index contributed by atoms with van der Waals surface area (Å²) in [5.74, 6) is -0.291. The number of rotatable bonds is 3. The van der Waals surface area contributed by atoms with Gasteiger partial charge in [-0.05, 0) is 12.0 Å². The van der Waals surface area contributed by atoms with E-state index in [1.54, 1.807) is 13.1 Å². The molecule has 2 rings (SSSR count). The molecule has 0 fully saturated rings. The maximum absolute atomic E-state index is 14.0. The lowest BCUT2D eigenvalue weighted by Crippen LogP contribution is -2.15. The Balaban J connectivity index is 2.59. The Morgan fingerprint density at radius 3 is 2.73 bits per heavy atom. The van der Waals surface area contributed by atoms with Gasteiger partial charge in [-0.3, -0.25) is 4.99 Å². The van der Waals surface area contributed by atoms with Gasteiger partial charge in [0.15, 0.2) is 5.82 Å². The van der Waals surface area contributed by atoms with Gasteiger partial charge in [-0.1, -0.05) is 26.0 Å². The van der Waals surface area contributed by atoms with Crippen molar-refractivity contribution >= 4 is 17.2 Å². The predicted octanol–water partition coefficient (Wildman–Crippen LogP) is 2.48. The molecule has 0 bridgehead atoms. The van der Waals surface area contributed by atoms with Crippen molar-refractivity contribution in [2.24, 2.45) is 16.6 Å². The van der Waals surface area contributed by atoms with E-state index in [0.717, 1.165) is 17.5 Å². The number of hydrogen-bond donors (Lipinski definition) is 2. The molecule has 116 valence electrons. The lowest BCUT2D eigenvalue weighted by atomic mass is 9.95. The van der Waals surface area contributed by atoms with Crippen LogP contribution in [0.3, 0.4) is 0 Å². The summed E-state index contributed by atoms with van der Waals surface area (Å²) in [6.07, 6.45) is 7.12. The molecule has 0 spiro atoms. The van der Waals surface area contributed by atoms with E-state index < -0.39 is 5.82 Å². The molecule has 1 aromatic rings. The zero-order valence-corrected chi connectivity index (χ0v) is 13.0. The molecule has 6 heteroatoms. The molecule has 0 aliphatic heterocycles. The first kappa shape index (κ1) is 15.9. The van der Waals surface area contributed by atoms with Gasteiger partial charge in [0.1, 0.15) is 5.69 Å². The Morgan fingerprint density at radius 2 is 2.09 bits per heavy atom. The van der Waals surface area contributed by atoms with Crippen molar-refractivity contribution in [1.82, 2.24) is 9.97 Å². The van der Waals surface area contributed by atoms with Crippen LogP contribution in [0.2, 0.25) is 0 Å². The second-order valence-electron chi connectivity index (χ2n) is 5.33. The highest BCUT2D eigenvalue weighted by atomic mass is 19.1. The van der Waals surface area contributed by atoms with E-state index in [1.165, 1.54) is 0 Å². The van der Waals surface area contributed by atoms with Gasteiger partial charge in [-0.25, -0.2) is 14.4 Å². The van der Waals surface area contributed by atoms with E-state index in [0.29, 0.717) is 17.7 Å². The molecule has 0 radical (unpaired) electrons. The van der Waals surface area contributed by atoms with E-state index >= 15 is 0 Å². The quantitative estimate of drug-likeness (QED) is 0.839. The van der Waals surface area contributed by atoms with E-state index in [4.69, 9.17) is 11.5 Å². The summed E-state index contributed by atoms with van der Waals surface area (Å²) in [6.45, 7) is 4.08. The molecule has 5 nitrogen and oxygen atoms in total. The van der Waals surface area contributed by atoms with Crippen LogP contribution in [0.1, 0.15) is 26.0 Å². The number of halogens is 1. The van der Waals surface area contributed by atoms with E-state index in [1.807, 2.05) is 26.0 Å². The first-order valence-electron chi connectivity index (χ1n) is 7.06. The summed E-state index contributed by atoms with van der Waals surface area (Å²) in [7, 11) is 1.73. The molecule has 4 N–H and O–H groups in total. The summed E-state index contributed by atoms with van der Waals surface area (Å²) >= 11 is 0. The Kier molecular flexibility index (Phi) is 4.70. The zero-order valence-electron chi connectivity index (χ0n) is 13.0. The number of hydrogen-bond acceptors (Lipinski definition) is 5. The minimum absolute atomic E-state index is 0.0293. The second-order valence-corrected chi connectivity index (χ2v) is 5.33. The van der Waals surface area contributed by atoms with Gasteiger partial charge in [0.25, 0.3) is 0 Å². The molecule has 22 heavy (non-hydrogen) atoms. The number of nitrogen functional groups attached to an aromatic ring is 1. The van der Waals surface area contributed by atoms with Crippen molar-refractivity contribution in [3.63, 3.8) is 0 Å². The van der Waals surface area contributed by atoms with Crippen LogP contribution in [0.25, 0.3) is 5.57 Å². The Labute approximate surface area is 129 Å². The van der Waals surface area contributed by atoms with Crippen LogP contribution >= 0.6 is 0 Å². The van der Waals surface area contributed by atoms with Crippen LogP contribution in [-0.2, 0) is 0 Å². The minimum atomic E-state index is -0.524. The maximum Gasteiger partial charge on any atom is 0.220 e. The average Bonchev–Trinajstić information content (AvgIpc) is 2.65. The number of allylic oxidation sites excluding steroid dienone is 5. The van der Waals surface area contributed by atoms with Crippen LogP contribution in [0.5, 0.6) is 0 Å². The Morgan fingerprint density at radius 1 is 1.36 bits per heavy atom. The van der Waals surface area contributed by atoms with Gasteiger partial charge in [-0.2, -0.15) is 0 Å². The minimum Gasteiger partial charge on any atom is -0.401 e. The number of nitrogens with zero attached hydrogens (tertiary/aromatic N) is 3. The standard InChI is InChI=1S/C16H20FN5/c1-9(2)14(20-3)11-7-10(5-4-6-13(11)18)15-12(17)8-21-16(19)22-15/h4-5,7-9H,6,18H2,1-3H3,(H2,19,21,22). The van der Waals surface area contributed by atoms with Crippen LogP contribution < -0.4 is 11.5 Å². The highest BCUT2D eigenvalue weighted by Crippen LogP contribution is 2.26. The smallest absolute Gasteiger partial charge is 0.220 e. The SMILES string of the molecule is CN=C(C1=C(N)CC=CC(c2nc(N)ncc2F)=C1)C(C)C. The van der Waals surface area contributed by atoms with Gasteiger partial charge in [-0.15, -0.1) is 0 Å². The van der Waals surface area contributed by atoms with Gasteiger partial charge >= 0.3 is 0 Å². The van der Waals surface area contributed by atoms with Crippen LogP contribution in [0.4, 0.5) is 10.3 Å². The number of nitrogens with two attached hydrogens (primary N) is 2. The highest BCUT2D eigenvalue weighted by Gasteiger charge is 2.17. The van der Waals surface area contributed by atoms with Gasteiger partial charge < -0.3 is 11.5 Å². The molecule has 1 aromatic heterocycles. The number of aliphatic imine (C=N–C) groups is 1. The first-order chi connectivity index (χ1) is 10.4. The molecule has 0 unspecified atom stereocenters. The molecular weight excluding hydrogens is 281 g/mol. The molecule has 0 amide bonds. The third-order valence-electron chi connectivity index (χ3n) is 3.38. The lowest BCUT2D eigenvalue weighted by molar-refractivity contribution is 0.610. The van der Waals surface area contributed by atoms with Crippen molar-refractivity contribution in [3.05, 3.63) is 47.2 Å². The fourth-order valence-electron chi connectivity index (χ4n) is 2.38. The van der Waals surface area contributed by atoms with Gasteiger partial charge in [0.2, 0.25) is 5.95 Å². The second kappa shape index (κ2) is 6.51. The van der Waals surface area contributed by atoms with Crippen LogP contribution in [0.15, 0.2) is 40.7 Å². The highest BCUT2D eigenvalue weighted by molar-refractivity contribution is 6.06. The van der Waals surface area contributed by atoms with Gasteiger partial charge in [0.05, 0.1) is 6.20 Å². The van der Waals surface area contributed by atoms with E-state index in [9.17, 15) is 4.39 Å². The monoisotopic (exact) mass is 301 g/mol. The molecule has 1 aliphatic carbocycles.